The zero-order valence-corrected chi connectivity index (χ0v) is 32.4. The van der Waals surface area contributed by atoms with Gasteiger partial charge in [-0.25, -0.2) is 0 Å². The summed E-state index contributed by atoms with van der Waals surface area (Å²) < 4.78 is 0. The van der Waals surface area contributed by atoms with Crippen LogP contribution in [0.1, 0.15) is 60.1 Å². The molecule has 57 heavy (non-hydrogen) atoms. The molecule has 0 heterocycles. The Balaban J connectivity index is 1.20. The molecule has 0 spiro atoms. The second-order valence-electron chi connectivity index (χ2n) is 15.9. The highest BCUT2D eigenvalue weighted by atomic mass is 15.1. The summed E-state index contributed by atoms with van der Waals surface area (Å²) in [4.78, 5) is 2.52. The lowest BCUT2D eigenvalue weighted by Gasteiger charge is -2.35. The molecule has 11 rings (SSSR count). The van der Waals surface area contributed by atoms with Gasteiger partial charge in [0.2, 0.25) is 0 Å². The Bertz CT molecular complexity index is 2940. The molecular weight excluding hydrogens is 687 g/mol. The minimum atomic E-state index is -0.491. The smallest absolute Gasteiger partial charge is 0.0714 e. The molecule has 9 aromatic rings. The van der Waals surface area contributed by atoms with Gasteiger partial charge in [-0.1, -0.05) is 172 Å². The van der Waals surface area contributed by atoms with Crippen LogP contribution < -0.4 is 4.90 Å². The Kier molecular flexibility index (Phi) is 7.63. The lowest BCUT2D eigenvalue weighted by Crippen LogP contribution is -2.28. The van der Waals surface area contributed by atoms with Crippen LogP contribution in [0, 0.1) is 0 Å². The summed E-state index contributed by atoms with van der Waals surface area (Å²) in [5, 5.41) is 5.06. The second kappa shape index (κ2) is 12.9. The molecule has 0 aliphatic heterocycles. The predicted molar refractivity (Wildman–Crippen MR) is 240 cm³/mol. The largest absolute Gasteiger partial charge is 0.310 e. The van der Waals surface area contributed by atoms with Crippen LogP contribution in [0.5, 0.6) is 0 Å². The molecule has 9 aromatic carbocycles. The summed E-state index contributed by atoms with van der Waals surface area (Å²) in [6, 6.07) is 75.1. The molecule has 0 unspecified atom stereocenters. The van der Waals surface area contributed by atoms with Crippen LogP contribution in [0.2, 0.25) is 0 Å². The fourth-order valence-electron chi connectivity index (χ4n) is 10.7. The van der Waals surface area contributed by atoms with E-state index in [4.69, 9.17) is 0 Å². The first-order valence-corrected chi connectivity index (χ1v) is 20.5. The van der Waals surface area contributed by atoms with E-state index in [0.717, 1.165) is 24.2 Å². The quantitative estimate of drug-likeness (QED) is 0.158. The van der Waals surface area contributed by atoms with Gasteiger partial charge in [-0.2, -0.15) is 0 Å². The third-order valence-electron chi connectivity index (χ3n) is 13.4. The monoisotopic (exact) mass is 729 g/mol. The molecule has 0 aromatic heterocycles. The highest BCUT2D eigenvalue weighted by Gasteiger charge is 2.46. The summed E-state index contributed by atoms with van der Waals surface area (Å²) in [6.45, 7) is 4.73. The summed E-state index contributed by atoms with van der Waals surface area (Å²) in [5.74, 6) is 0. The van der Waals surface area contributed by atoms with Gasteiger partial charge in [0.25, 0.3) is 0 Å². The van der Waals surface area contributed by atoms with Crippen LogP contribution in [0.15, 0.2) is 200 Å². The van der Waals surface area contributed by atoms with Gasteiger partial charge in [0, 0.05) is 22.2 Å². The van der Waals surface area contributed by atoms with Crippen molar-refractivity contribution < 1.29 is 0 Å². The van der Waals surface area contributed by atoms with Crippen LogP contribution in [-0.4, -0.2) is 0 Å². The van der Waals surface area contributed by atoms with Gasteiger partial charge < -0.3 is 4.90 Å². The Morgan fingerprint density at radius 3 is 1.67 bits per heavy atom. The zero-order chi connectivity index (χ0) is 38.1. The van der Waals surface area contributed by atoms with Gasteiger partial charge >= 0.3 is 0 Å². The zero-order valence-electron chi connectivity index (χ0n) is 32.4. The summed E-state index contributed by atoms with van der Waals surface area (Å²) in [7, 11) is 0. The van der Waals surface area contributed by atoms with Crippen LogP contribution in [0.4, 0.5) is 17.1 Å². The molecule has 2 aliphatic carbocycles. The van der Waals surface area contributed by atoms with Crippen molar-refractivity contribution in [1.82, 2.24) is 0 Å². The lowest BCUT2D eigenvalue weighted by molar-refractivity contribution is 0.491. The van der Waals surface area contributed by atoms with Crippen LogP contribution in [0.25, 0.3) is 43.8 Å². The van der Waals surface area contributed by atoms with E-state index in [0.29, 0.717) is 0 Å². The van der Waals surface area contributed by atoms with Gasteiger partial charge in [0.05, 0.1) is 11.1 Å². The minimum absolute atomic E-state index is 0.0260. The van der Waals surface area contributed by atoms with Gasteiger partial charge in [-0.15, -0.1) is 0 Å². The highest BCUT2D eigenvalue weighted by molar-refractivity contribution is 6.01. The van der Waals surface area contributed by atoms with Gasteiger partial charge in [0.1, 0.15) is 0 Å². The normalized spacial score (nSPS) is 14.2. The number of benzene rings is 9. The summed E-state index contributed by atoms with van der Waals surface area (Å²) >= 11 is 0. The van der Waals surface area contributed by atoms with E-state index < -0.39 is 5.41 Å². The average molecular weight is 730 g/mol. The summed E-state index contributed by atoms with van der Waals surface area (Å²) in [6.07, 6.45) is 2.11. The van der Waals surface area contributed by atoms with Crippen LogP contribution in [-0.2, 0) is 10.8 Å². The van der Waals surface area contributed by atoms with Gasteiger partial charge in [-0.05, 0) is 127 Å². The molecule has 0 saturated heterocycles. The van der Waals surface area contributed by atoms with E-state index in [-0.39, 0.29) is 5.41 Å². The number of nitrogens with zero attached hydrogens (tertiary/aromatic N) is 1. The molecule has 1 heteroatoms. The standard InChI is InChI=1S/C56H43N/c1-3-55(4-2)50-33-31-43(36-49(50)48-34-39-19-11-12-20-40(39)35-52(48)55)57(54-29-17-21-38-18-13-14-26-45(38)54)44-30-32-47-46-27-15-16-28-51(46)56(53(47)37-44,41-22-7-5-8-23-41)42-24-9-6-10-25-42/h5-37H,3-4H2,1-2H3. The number of hydrogen-bond acceptors (Lipinski definition) is 1. The second-order valence-corrected chi connectivity index (χ2v) is 15.9. The fraction of sp³-hybridized carbons (Fsp3) is 0.107. The maximum atomic E-state index is 2.52. The van der Waals surface area contributed by atoms with E-state index in [1.807, 2.05) is 0 Å². The Morgan fingerprint density at radius 2 is 0.930 bits per heavy atom. The molecule has 0 saturated carbocycles. The Morgan fingerprint density at radius 1 is 0.368 bits per heavy atom. The number of anilines is 3. The molecular formula is C56H43N. The van der Waals surface area contributed by atoms with Crippen LogP contribution >= 0.6 is 0 Å². The van der Waals surface area contributed by atoms with Crippen molar-refractivity contribution in [2.45, 2.75) is 37.5 Å². The number of hydrogen-bond donors (Lipinski definition) is 0. The molecule has 272 valence electrons. The van der Waals surface area contributed by atoms with Crippen molar-refractivity contribution >= 4 is 38.6 Å². The van der Waals surface area contributed by atoms with Crippen LogP contribution in [0.3, 0.4) is 0 Å². The maximum Gasteiger partial charge on any atom is 0.0714 e. The van der Waals surface area contributed by atoms with E-state index in [1.54, 1.807) is 0 Å². The SMILES string of the molecule is CCC1(CC)c2ccc(N(c3ccc4c(c3)C(c3ccccc3)(c3ccccc3)c3ccccc3-4)c3cccc4ccccc34)cc2-c2cc3ccccc3cc21. The summed E-state index contributed by atoms with van der Waals surface area (Å²) in [5.41, 5.74) is 16.3. The third kappa shape index (κ3) is 4.76. The van der Waals surface area contributed by atoms with E-state index in [9.17, 15) is 0 Å². The molecule has 0 atom stereocenters. The molecule has 0 bridgehead atoms. The van der Waals surface area contributed by atoms with Crippen molar-refractivity contribution in [3.63, 3.8) is 0 Å². The Labute approximate surface area is 335 Å². The number of rotatable bonds is 7. The maximum absolute atomic E-state index is 2.52. The molecule has 2 aliphatic rings. The first kappa shape index (κ1) is 33.6. The fourth-order valence-corrected chi connectivity index (χ4v) is 10.7. The third-order valence-corrected chi connectivity index (χ3v) is 13.4. The highest BCUT2D eigenvalue weighted by Crippen LogP contribution is 2.58. The van der Waals surface area contributed by atoms with E-state index in [2.05, 4.69) is 219 Å². The van der Waals surface area contributed by atoms with Gasteiger partial charge in [0.15, 0.2) is 0 Å². The first-order chi connectivity index (χ1) is 28.2. The molecule has 0 N–H and O–H groups in total. The predicted octanol–water partition coefficient (Wildman–Crippen LogP) is 14.9. The van der Waals surface area contributed by atoms with Gasteiger partial charge in [-0.3, -0.25) is 0 Å². The molecule has 0 amide bonds. The van der Waals surface area contributed by atoms with Crippen molar-refractivity contribution in [2.24, 2.45) is 0 Å². The van der Waals surface area contributed by atoms with Crippen molar-refractivity contribution in [3.8, 4) is 22.3 Å². The van der Waals surface area contributed by atoms with Crippen molar-refractivity contribution in [1.29, 1.82) is 0 Å². The topological polar surface area (TPSA) is 3.24 Å². The first-order valence-electron chi connectivity index (χ1n) is 20.5. The Hall–Kier alpha value is -6.70. The molecule has 1 nitrogen and oxygen atoms in total. The average Bonchev–Trinajstić information content (AvgIpc) is 3.73. The molecule has 0 radical (unpaired) electrons. The number of fused-ring (bicyclic) bond motifs is 8. The van der Waals surface area contributed by atoms with Crippen molar-refractivity contribution in [2.75, 3.05) is 4.90 Å². The van der Waals surface area contributed by atoms with Crippen molar-refractivity contribution in [3.05, 3.63) is 234 Å². The lowest BCUT2D eigenvalue weighted by atomic mass is 9.67. The minimum Gasteiger partial charge on any atom is -0.310 e. The molecule has 0 fully saturated rings. The van der Waals surface area contributed by atoms with E-state index in [1.165, 1.54) is 82.9 Å². The van der Waals surface area contributed by atoms with E-state index >= 15 is 0 Å².